The van der Waals surface area contributed by atoms with Crippen LogP contribution in [0, 0.1) is 5.92 Å². The van der Waals surface area contributed by atoms with Crippen molar-refractivity contribution >= 4 is 7.85 Å². The first-order chi connectivity index (χ1) is 8.85. The molecule has 0 unspecified atom stereocenters. The van der Waals surface area contributed by atoms with Crippen LogP contribution in [-0.2, 0) is 9.47 Å². The maximum atomic E-state index is 9.46. The summed E-state index contributed by atoms with van der Waals surface area (Å²) in [6, 6.07) is 0. The molecule has 4 heteroatoms. The second kappa shape index (κ2) is 7.46. The Morgan fingerprint density at radius 2 is 1.89 bits per heavy atom. The van der Waals surface area contributed by atoms with E-state index in [0.29, 0.717) is 0 Å². The van der Waals surface area contributed by atoms with Gasteiger partial charge in [0.1, 0.15) is 7.85 Å². The zero-order valence-electron chi connectivity index (χ0n) is 13.1. The van der Waals surface area contributed by atoms with E-state index in [1.165, 1.54) is 12.7 Å². The number of rotatable bonds is 7. The first kappa shape index (κ1) is 16.7. The molecule has 0 saturated carbocycles. The highest BCUT2D eigenvalue weighted by Crippen LogP contribution is 2.32. The van der Waals surface area contributed by atoms with Crippen LogP contribution in [0.25, 0.3) is 0 Å². The van der Waals surface area contributed by atoms with Gasteiger partial charge in [0, 0.05) is 0 Å². The molecule has 1 aliphatic heterocycles. The lowest BCUT2D eigenvalue weighted by atomic mass is 9.96. The highest BCUT2D eigenvalue weighted by atomic mass is 16.7. The molecular formula is C15H29BO3. The lowest BCUT2D eigenvalue weighted by molar-refractivity contribution is -0.146. The molecule has 0 bridgehead atoms. The van der Waals surface area contributed by atoms with Crippen LogP contribution in [0.15, 0.2) is 12.2 Å². The Kier molecular flexibility index (Phi) is 6.57. The van der Waals surface area contributed by atoms with Gasteiger partial charge in [0.2, 0.25) is 0 Å². The Morgan fingerprint density at radius 1 is 1.26 bits per heavy atom. The largest absolute Gasteiger partial charge is 0.393 e. The van der Waals surface area contributed by atoms with Crippen LogP contribution in [0.1, 0.15) is 47.0 Å². The van der Waals surface area contributed by atoms with Crippen molar-refractivity contribution in [1.29, 1.82) is 0 Å². The van der Waals surface area contributed by atoms with Crippen molar-refractivity contribution in [3.63, 3.8) is 0 Å². The summed E-state index contributed by atoms with van der Waals surface area (Å²) < 4.78 is 11.9. The minimum absolute atomic E-state index is 0.138. The molecule has 0 aromatic carbocycles. The molecule has 0 aliphatic carbocycles. The predicted molar refractivity (Wildman–Crippen MR) is 81.0 cm³/mol. The van der Waals surface area contributed by atoms with Gasteiger partial charge < -0.3 is 14.6 Å². The summed E-state index contributed by atoms with van der Waals surface area (Å²) in [6.45, 7) is 7.80. The molecule has 1 saturated heterocycles. The smallest absolute Gasteiger partial charge is 0.163 e. The maximum absolute atomic E-state index is 9.46. The van der Waals surface area contributed by atoms with Gasteiger partial charge in [-0.3, -0.25) is 0 Å². The van der Waals surface area contributed by atoms with E-state index in [2.05, 4.69) is 20.0 Å². The fourth-order valence-corrected chi connectivity index (χ4v) is 2.35. The number of ether oxygens (including phenoxy) is 2. The third-order valence-electron chi connectivity index (χ3n) is 3.70. The monoisotopic (exact) mass is 268 g/mol. The Hall–Kier alpha value is -0.315. The van der Waals surface area contributed by atoms with Crippen molar-refractivity contribution in [1.82, 2.24) is 0 Å². The Balaban J connectivity index is 2.49. The molecule has 110 valence electrons. The standard InChI is InChI=1S/C15H29BO3/c1-11(12(2)17)7-5-8-13-14(9-6-10-16)19-15(3,4)18-13/h5,7,11-14,17H,6,8-10,16H2,1-4H3/b7-5-/t11-,12+,13-,14+/m1/s1. The summed E-state index contributed by atoms with van der Waals surface area (Å²) >= 11 is 0. The molecule has 0 amide bonds. The molecule has 3 nitrogen and oxygen atoms in total. The number of aliphatic hydroxyl groups is 1. The third kappa shape index (κ3) is 5.68. The van der Waals surface area contributed by atoms with E-state index in [-0.39, 0.29) is 24.2 Å². The Labute approximate surface area is 118 Å². The normalized spacial score (nSPS) is 29.7. The van der Waals surface area contributed by atoms with Gasteiger partial charge in [-0.2, -0.15) is 0 Å². The fraction of sp³-hybridized carbons (Fsp3) is 0.867. The summed E-state index contributed by atoms with van der Waals surface area (Å²) in [5, 5.41) is 9.46. The van der Waals surface area contributed by atoms with Gasteiger partial charge in [0.25, 0.3) is 0 Å². The van der Waals surface area contributed by atoms with Crippen LogP contribution in [0.3, 0.4) is 0 Å². The van der Waals surface area contributed by atoms with Gasteiger partial charge in [0.15, 0.2) is 5.79 Å². The Bertz CT molecular complexity index is 289. The first-order valence-corrected chi connectivity index (χ1v) is 7.56. The number of aliphatic hydroxyl groups excluding tert-OH is 1. The minimum atomic E-state index is -0.465. The van der Waals surface area contributed by atoms with Crippen LogP contribution < -0.4 is 0 Å². The third-order valence-corrected chi connectivity index (χ3v) is 3.70. The molecule has 1 fully saturated rings. The summed E-state index contributed by atoms with van der Waals surface area (Å²) in [5.41, 5.74) is 0. The molecule has 0 spiro atoms. The van der Waals surface area contributed by atoms with E-state index in [1.807, 2.05) is 27.7 Å². The van der Waals surface area contributed by atoms with E-state index < -0.39 is 5.79 Å². The van der Waals surface area contributed by atoms with Crippen LogP contribution in [-0.4, -0.2) is 37.1 Å². The van der Waals surface area contributed by atoms with E-state index in [1.54, 1.807) is 0 Å². The SMILES string of the molecule is BCCC[C@@H]1OC(C)(C)O[C@@H]1C/C=C\[C@@H](C)[C@H](C)O. The fourth-order valence-electron chi connectivity index (χ4n) is 2.35. The van der Waals surface area contributed by atoms with E-state index in [4.69, 9.17) is 9.47 Å². The highest BCUT2D eigenvalue weighted by Gasteiger charge is 2.39. The zero-order chi connectivity index (χ0) is 14.5. The first-order valence-electron chi connectivity index (χ1n) is 7.56. The highest BCUT2D eigenvalue weighted by molar-refractivity contribution is 6.08. The average molecular weight is 268 g/mol. The number of hydrogen-bond acceptors (Lipinski definition) is 3. The molecule has 0 aromatic rings. The predicted octanol–water partition coefficient (Wildman–Crippen LogP) is 2.30. The van der Waals surface area contributed by atoms with Crippen molar-refractivity contribution in [2.45, 2.75) is 77.4 Å². The molecule has 19 heavy (non-hydrogen) atoms. The van der Waals surface area contributed by atoms with Gasteiger partial charge >= 0.3 is 0 Å². The second-order valence-electron chi connectivity index (χ2n) is 6.12. The van der Waals surface area contributed by atoms with Crippen molar-refractivity contribution in [2.24, 2.45) is 5.92 Å². The lowest BCUT2D eigenvalue weighted by Crippen LogP contribution is -2.22. The summed E-state index contributed by atoms with van der Waals surface area (Å²) in [7, 11) is 2.19. The molecule has 1 heterocycles. The average Bonchev–Trinajstić information content (AvgIpc) is 2.61. The van der Waals surface area contributed by atoms with Crippen molar-refractivity contribution in [3.05, 3.63) is 12.2 Å². The molecule has 0 radical (unpaired) electrons. The lowest BCUT2D eigenvalue weighted by Gasteiger charge is -2.16. The van der Waals surface area contributed by atoms with E-state index in [0.717, 1.165) is 12.8 Å². The van der Waals surface area contributed by atoms with Crippen molar-refractivity contribution in [3.8, 4) is 0 Å². The zero-order valence-corrected chi connectivity index (χ0v) is 13.1. The van der Waals surface area contributed by atoms with E-state index in [9.17, 15) is 5.11 Å². The van der Waals surface area contributed by atoms with Crippen molar-refractivity contribution in [2.75, 3.05) is 0 Å². The van der Waals surface area contributed by atoms with Crippen LogP contribution in [0.2, 0.25) is 6.32 Å². The maximum Gasteiger partial charge on any atom is 0.163 e. The summed E-state index contributed by atoms with van der Waals surface area (Å²) in [6.07, 6.45) is 8.49. The van der Waals surface area contributed by atoms with Gasteiger partial charge in [-0.05, 0) is 39.5 Å². The van der Waals surface area contributed by atoms with Crippen LogP contribution >= 0.6 is 0 Å². The molecule has 1 N–H and O–H groups in total. The molecule has 1 rings (SSSR count). The topological polar surface area (TPSA) is 38.7 Å². The summed E-state index contributed by atoms with van der Waals surface area (Å²) in [5.74, 6) is -0.281. The number of hydrogen-bond donors (Lipinski definition) is 1. The van der Waals surface area contributed by atoms with E-state index >= 15 is 0 Å². The molecular weight excluding hydrogens is 239 g/mol. The van der Waals surface area contributed by atoms with Crippen molar-refractivity contribution < 1.29 is 14.6 Å². The second-order valence-corrected chi connectivity index (χ2v) is 6.12. The quantitative estimate of drug-likeness (QED) is 0.569. The van der Waals surface area contributed by atoms with Gasteiger partial charge in [0.05, 0.1) is 18.3 Å². The van der Waals surface area contributed by atoms with Crippen LogP contribution in [0.5, 0.6) is 0 Å². The minimum Gasteiger partial charge on any atom is -0.393 e. The van der Waals surface area contributed by atoms with Gasteiger partial charge in [-0.1, -0.05) is 31.8 Å². The Morgan fingerprint density at radius 3 is 2.47 bits per heavy atom. The van der Waals surface area contributed by atoms with Gasteiger partial charge in [-0.15, -0.1) is 0 Å². The van der Waals surface area contributed by atoms with Gasteiger partial charge in [-0.25, -0.2) is 0 Å². The summed E-state index contributed by atoms with van der Waals surface area (Å²) in [4.78, 5) is 0. The van der Waals surface area contributed by atoms with Crippen LogP contribution in [0.4, 0.5) is 0 Å². The molecule has 4 atom stereocenters. The molecule has 1 aliphatic rings. The molecule has 0 aromatic heterocycles.